The Morgan fingerprint density at radius 2 is 1.97 bits per heavy atom. The van der Waals surface area contributed by atoms with Gasteiger partial charge in [0.05, 0.1) is 16.9 Å². The monoisotopic (exact) mass is 461 g/mol. The number of carbonyl (C=O) groups excluding carboxylic acids is 2. The number of alkyl halides is 2. The van der Waals surface area contributed by atoms with Gasteiger partial charge in [0.2, 0.25) is 0 Å². The molecule has 3 N–H and O–H groups in total. The number of nitrogens with two attached hydrogens (primary N) is 1. The van der Waals surface area contributed by atoms with Crippen LogP contribution in [0.1, 0.15) is 32.3 Å². The molecule has 0 aliphatic carbocycles. The van der Waals surface area contributed by atoms with Crippen LogP contribution in [0.25, 0.3) is 21.3 Å². The number of fused-ring (bicyclic) bond motifs is 1. The largest absolute Gasteiger partial charge is 0.365 e. The number of rotatable bonds is 5. The average Bonchev–Trinajstić information content (AvgIpc) is 3.27. The van der Waals surface area contributed by atoms with Crippen LogP contribution in [0.15, 0.2) is 42.6 Å². The molecule has 3 heterocycles. The highest BCUT2D eigenvalue weighted by Crippen LogP contribution is 2.42. The molecule has 0 radical (unpaired) electrons. The molecule has 0 saturated carbocycles. The number of benzene rings is 1. The second kappa shape index (κ2) is 8.05. The molecule has 1 aromatic carbocycles. The van der Waals surface area contributed by atoms with Gasteiger partial charge in [0.15, 0.2) is 0 Å². The number of pyridine rings is 1. The van der Waals surface area contributed by atoms with Crippen LogP contribution in [0.4, 0.5) is 14.5 Å². The van der Waals surface area contributed by atoms with E-state index in [2.05, 4.69) is 15.4 Å². The van der Waals surface area contributed by atoms with E-state index in [1.165, 1.54) is 24.0 Å². The lowest BCUT2D eigenvalue weighted by molar-refractivity contribution is 0.100. The molecule has 2 amide bonds. The number of amides is 2. The molecular formula is C20H14ClF2N5O2S. The lowest BCUT2D eigenvalue weighted by Crippen LogP contribution is -2.19. The third-order valence-corrected chi connectivity index (χ3v) is 5.94. The molecule has 11 heteroatoms. The third-order valence-electron chi connectivity index (χ3n) is 4.56. The molecular weight excluding hydrogens is 448 g/mol. The predicted molar refractivity (Wildman–Crippen MR) is 115 cm³/mol. The summed E-state index contributed by atoms with van der Waals surface area (Å²) >= 11 is 6.89. The molecule has 3 aromatic heterocycles. The number of halogens is 3. The molecule has 7 nitrogen and oxygen atoms in total. The van der Waals surface area contributed by atoms with Gasteiger partial charge in [0.25, 0.3) is 18.2 Å². The zero-order valence-electron chi connectivity index (χ0n) is 15.9. The molecule has 0 aliphatic heterocycles. The zero-order valence-corrected chi connectivity index (χ0v) is 17.5. The van der Waals surface area contributed by atoms with Gasteiger partial charge in [-0.15, -0.1) is 11.3 Å². The Bertz CT molecular complexity index is 1300. The van der Waals surface area contributed by atoms with E-state index in [9.17, 15) is 18.4 Å². The van der Waals surface area contributed by atoms with Crippen molar-refractivity contribution in [2.75, 3.05) is 5.32 Å². The minimum atomic E-state index is -2.82. The summed E-state index contributed by atoms with van der Waals surface area (Å²) in [6.45, 7) is 0. The quantitative estimate of drug-likeness (QED) is 0.452. The zero-order chi connectivity index (χ0) is 22.3. The van der Waals surface area contributed by atoms with Crippen molar-refractivity contribution < 1.29 is 18.4 Å². The summed E-state index contributed by atoms with van der Waals surface area (Å²) in [5.41, 5.74) is 6.22. The van der Waals surface area contributed by atoms with Crippen molar-refractivity contribution in [1.82, 2.24) is 14.8 Å². The number of primary amides is 1. The smallest absolute Gasteiger partial charge is 0.280 e. The van der Waals surface area contributed by atoms with Gasteiger partial charge in [-0.3, -0.25) is 14.3 Å². The maximum atomic E-state index is 13.5. The standard InChI is InChI=1S/C20H14ClF2N5O2S/c1-28-15(11(21)8-25-28)19(30)27-14-13-10(9-5-3-2-4-6-9)7-12(17(22)23)26-20(13)31-16(14)18(24)29/h2-8,17H,1H3,(H2,24,29)(H,27,30). The van der Waals surface area contributed by atoms with Crippen molar-refractivity contribution in [3.8, 4) is 11.1 Å². The number of hydrogen-bond acceptors (Lipinski definition) is 5. The summed E-state index contributed by atoms with van der Waals surface area (Å²) in [5.74, 6) is -1.46. The van der Waals surface area contributed by atoms with Crippen LogP contribution in [0.3, 0.4) is 0 Å². The molecule has 31 heavy (non-hydrogen) atoms. The molecule has 0 saturated heterocycles. The van der Waals surface area contributed by atoms with Gasteiger partial charge in [0, 0.05) is 12.4 Å². The van der Waals surface area contributed by atoms with E-state index in [0.29, 0.717) is 16.5 Å². The fourth-order valence-corrected chi connectivity index (χ4v) is 4.47. The van der Waals surface area contributed by atoms with Crippen molar-refractivity contribution in [2.24, 2.45) is 12.8 Å². The Morgan fingerprint density at radius 1 is 1.26 bits per heavy atom. The molecule has 0 fully saturated rings. The topological polar surface area (TPSA) is 103 Å². The Hall–Kier alpha value is -3.37. The van der Waals surface area contributed by atoms with E-state index in [1.54, 1.807) is 30.3 Å². The van der Waals surface area contributed by atoms with E-state index in [-0.39, 0.29) is 26.1 Å². The number of hydrogen-bond donors (Lipinski definition) is 2. The number of carbonyl (C=O) groups is 2. The van der Waals surface area contributed by atoms with Crippen LogP contribution in [-0.2, 0) is 7.05 Å². The van der Waals surface area contributed by atoms with E-state index in [0.717, 1.165) is 11.3 Å². The van der Waals surface area contributed by atoms with Crippen molar-refractivity contribution >= 4 is 50.7 Å². The first-order valence-electron chi connectivity index (χ1n) is 8.87. The van der Waals surface area contributed by atoms with E-state index < -0.39 is 23.9 Å². The van der Waals surface area contributed by atoms with Gasteiger partial charge in [0.1, 0.15) is 21.1 Å². The highest BCUT2D eigenvalue weighted by Gasteiger charge is 2.26. The normalized spacial score (nSPS) is 11.3. The fourth-order valence-electron chi connectivity index (χ4n) is 3.21. The predicted octanol–water partition coefficient (Wildman–Crippen LogP) is 4.64. The highest BCUT2D eigenvalue weighted by atomic mass is 35.5. The number of aryl methyl sites for hydroxylation is 1. The van der Waals surface area contributed by atoms with Crippen molar-refractivity contribution in [1.29, 1.82) is 0 Å². The molecule has 4 rings (SSSR count). The summed E-state index contributed by atoms with van der Waals surface area (Å²) in [4.78, 5) is 29.2. The molecule has 0 bridgehead atoms. The summed E-state index contributed by atoms with van der Waals surface area (Å²) in [6.07, 6.45) is -1.51. The highest BCUT2D eigenvalue weighted by molar-refractivity contribution is 7.21. The van der Waals surface area contributed by atoms with Crippen LogP contribution >= 0.6 is 22.9 Å². The molecule has 0 atom stereocenters. The van der Waals surface area contributed by atoms with Gasteiger partial charge in [-0.25, -0.2) is 13.8 Å². The molecule has 4 aromatic rings. The van der Waals surface area contributed by atoms with Crippen molar-refractivity contribution in [3.63, 3.8) is 0 Å². The average molecular weight is 462 g/mol. The second-order valence-corrected chi connectivity index (χ2v) is 7.94. The number of nitrogens with zero attached hydrogens (tertiary/aromatic N) is 3. The summed E-state index contributed by atoms with van der Waals surface area (Å²) in [7, 11) is 1.54. The summed E-state index contributed by atoms with van der Waals surface area (Å²) < 4.78 is 28.3. The SMILES string of the molecule is Cn1ncc(Cl)c1C(=O)Nc1c(C(N)=O)sc2nc(C(F)F)cc(-c3ccccc3)c12. The Kier molecular flexibility index (Phi) is 5.42. The Balaban J connectivity index is 1.98. The molecule has 0 unspecified atom stereocenters. The third kappa shape index (κ3) is 3.75. The van der Waals surface area contributed by atoms with Crippen molar-refractivity contribution in [2.45, 2.75) is 6.43 Å². The van der Waals surface area contributed by atoms with Crippen LogP contribution < -0.4 is 11.1 Å². The lowest BCUT2D eigenvalue weighted by Gasteiger charge is -2.11. The number of anilines is 1. The summed E-state index contributed by atoms with van der Waals surface area (Å²) in [6, 6.07) is 9.99. The summed E-state index contributed by atoms with van der Waals surface area (Å²) in [5, 5.41) is 7.02. The number of nitrogens with one attached hydrogen (secondary N) is 1. The number of aromatic nitrogens is 3. The Labute approximate surface area is 183 Å². The maximum absolute atomic E-state index is 13.5. The Morgan fingerprint density at radius 3 is 2.55 bits per heavy atom. The minimum absolute atomic E-state index is 0.0160. The van der Waals surface area contributed by atoms with Gasteiger partial charge in [-0.2, -0.15) is 5.10 Å². The molecule has 158 valence electrons. The van der Waals surface area contributed by atoms with Crippen LogP contribution in [0.5, 0.6) is 0 Å². The fraction of sp³-hybridized carbons (Fsp3) is 0.100. The van der Waals surface area contributed by atoms with Gasteiger partial charge >= 0.3 is 0 Å². The van der Waals surface area contributed by atoms with Crippen LogP contribution in [0.2, 0.25) is 5.02 Å². The van der Waals surface area contributed by atoms with Gasteiger partial charge in [-0.05, 0) is 17.2 Å². The first-order valence-corrected chi connectivity index (χ1v) is 10.1. The first kappa shape index (κ1) is 20.9. The van der Waals surface area contributed by atoms with E-state index >= 15 is 0 Å². The van der Waals surface area contributed by atoms with Crippen LogP contribution in [0, 0.1) is 0 Å². The second-order valence-electron chi connectivity index (χ2n) is 6.53. The van der Waals surface area contributed by atoms with Crippen molar-refractivity contribution in [3.05, 3.63) is 63.9 Å². The first-order chi connectivity index (χ1) is 14.8. The van der Waals surface area contributed by atoms with Gasteiger partial charge in [-0.1, -0.05) is 41.9 Å². The maximum Gasteiger partial charge on any atom is 0.280 e. The molecule has 0 spiro atoms. The van der Waals surface area contributed by atoms with Crippen LogP contribution in [-0.4, -0.2) is 26.6 Å². The van der Waals surface area contributed by atoms with E-state index in [4.69, 9.17) is 17.3 Å². The molecule has 0 aliphatic rings. The lowest BCUT2D eigenvalue weighted by atomic mass is 10.0. The minimum Gasteiger partial charge on any atom is -0.365 e. The van der Waals surface area contributed by atoms with Gasteiger partial charge < -0.3 is 11.1 Å². The number of thiophene rings is 1. The van der Waals surface area contributed by atoms with E-state index in [1.807, 2.05) is 0 Å².